The Labute approximate surface area is 287 Å². The first kappa shape index (κ1) is 35.3. The van der Waals surface area contributed by atoms with Crippen molar-refractivity contribution < 1.29 is 19.5 Å². The molecule has 0 radical (unpaired) electrons. The number of carbonyl (C=O) groups excluding carboxylic acids is 2. The van der Waals surface area contributed by atoms with E-state index in [0.717, 1.165) is 32.3 Å². The van der Waals surface area contributed by atoms with E-state index in [2.05, 4.69) is 46.5 Å². The Hall–Kier alpha value is -4.54. The van der Waals surface area contributed by atoms with Gasteiger partial charge in [0, 0.05) is 45.2 Å². The molecule has 2 aromatic heterocycles. The molecular formula is C33H33Cl2N7O4S. The third-order valence-corrected chi connectivity index (χ3v) is 8.88. The molecular weight excluding hydrogens is 661 g/mol. The molecule has 2 amide bonds. The van der Waals surface area contributed by atoms with Crippen molar-refractivity contribution >= 4 is 64.5 Å². The smallest absolute Gasteiger partial charge is 0.335 e. The van der Waals surface area contributed by atoms with E-state index in [-0.39, 0.29) is 55.7 Å². The molecule has 5 N–H and O–H groups in total. The maximum Gasteiger partial charge on any atom is 0.335 e. The van der Waals surface area contributed by atoms with Crippen LogP contribution in [0.5, 0.6) is 0 Å². The lowest BCUT2D eigenvalue weighted by molar-refractivity contribution is -0.122. The molecule has 14 heteroatoms. The lowest BCUT2D eigenvalue weighted by Crippen LogP contribution is -2.27. The van der Waals surface area contributed by atoms with Crippen LogP contribution in [-0.2, 0) is 9.59 Å². The zero-order chi connectivity index (χ0) is 33.0. The van der Waals surface area contributed by atoms with E-state index in [4.69, 9.17) is 22.3 Å². The fourth-order valence-electron chi connectivity index (χ4n) is 5.13. The molecule has 1 atom stereocenters. The highest BCUT2D eigenvalue weighted by Gasteiger charge is 2.32. The van der Waals surface area contributed by atoms with Crippen molar-refractivity contribution in [3.8, 4) is 16.8 Å². The fraction of sp³-hybridized carbons (Fsp3) is 0.273. The van der Waals surface area contributed by atoms with Gasteiger partial charge >= 0.3 is 5.97 Å². The van der Waals surface area contributed by atoms with Crippen molar-refractivity contribution in [3.63, 3.8) is 0 Å². The maximum absolute atomic E-state index is 13.2. The van der Waals surface area contributed by atoms with Crippen molar-refractivity contribution in [3.05, 3.63) is 91.8 Å². The number of hydrogen-bond acceptors (Lipinski definition) is 8. The van der Waals surface area contributed by atoms with E-state index in [9.17, 15) is 19.5 Å². The SMILES string of the molecule is Cc1sc2c(c1C)C(c1ccc(Cl)cc1)=N[C@@H](CC(=O)NCCCC(=O)Nc1cc(C#CCN)cc(C(=O)O)c1)c1nnc(C)n1-2.Cl. The lowest BCUT2D eigenvalue weighted by atomic mass is 9.99. The highest BCUT2D eigenvalue weighted by molar-refractivity contribution is 7.15. The monoisotopic (exact) mass is 693 g/mol. The van der Waals surface area contributed by atoms with Crippen molar-refractivity contribution in [1.82, 2.24) is 20.1 Å². The summed E-state index contributed by atoms with van der Waals surface area (Å²) >= 11 is 7.82. The minimum absolute atomic E-state index is 0. The molecule has 0 saturated heterocycles. The molecule has 5 rings (SSSR count). The summed E-state index contributed by atoms with van der Waals surface area (Å²) in [5.41, 5.74) is 9.89. The molecule has 3 heterocycles. The van der Waals surface area contributed by atoms with Crippen molar-refractivity contribution in [1.29, 1.82) is 0 Å². The number of aromatic nitrogens is 3. The van der Waals surface area contributed by atoms with Gasteiger partial charge < -0.3 is 21.5 Å². The van der Waals surface area contributed by atoms with Gasteiger partial charge in [0.25, 0.3) is 0 Å². The van der Waals surface area contributed by atoms with Gasteiger partial charge in [-0.05, 0) is 63.1 Å². The van der Waals surface area contributed by atoms with Gasteiger partial charge in [-0.25, -0.2) is 4.79 Å². The third-order valence-electron chi connectivity index (χ3n) is 7.44. The van der Waals surface area contributed by atoms with Crippen LogP contribution in [0, 0.1) is 32.6 Å². The minimum atomic E-state index is -1.14. The minimum Gasteiger partial charge on any atom is -0.478 e. The molecule has 0 fully saturated rings. The largest absolute Gasteiger partial charge is 0.478 e. The first-order valence-electron chi connectivity index (χ1n) is 14.6. The molecule has 244 valence electrons. The average Bonchev–Trinajstić information content (AvgIpc) is 3.50. The van der Waals surface area contributed by atoms with Gasteiger partial charge in [-0.3, -0.25) is 19.1 Å². The number of thiophene rings is 1. The number of carbonyl (C=O) groups is 3. The number of carboxylic acids is 1. The van der Waals surface area contributed by atoms with Gasteiger partial charge in [0.05, 0.1) is 24.2 Å². The summed E-state index contributed by atoms with van der Waals surface area (Å²) in [6, 6.07) is 11.2. The van der Waals surface area contributed by atoms with Crippen LogP contribution in [0.25, 0.3) is 5.00 Å². The van der Waals surface area contributed by atoms with Crippen LogP contribution in [-0.4, -0.2) is 56.5 Å². The second-order valence-corrected chi connectivity index (χ2v) is 12.4. The fourth-order valence-corrected chi connectivity index (χ4v) is 6.47. The van der Waals surface area contributed by atoms with Crippen LogP contribution in [0.3, 0.4) is 0 Å². The number of fused-ring (bicyclic) bond motifs is 3. The Bertz CT molecular complexity index is 1920. The predicted molar refractivity (Wildman–Crippen MR) is 185 cm³/mol. The number of carboxylic acid groups (broad SMARTS) is 1. The number of benzene rings is 2. The first-order valence-corrected chi connectivity index (χ1v) is 15.8. The maximum atomic E-state index is 13.2. The van der Waals surface area contributed by atoms with Gasteiger partial charge in [0.1, 0.15) is 16.9 Å². The molecule has 2 aromatic carbocycles. The predicted octanol–water partition coefficient (Wildman–Crippen LogP) is 5.15. The van der Waals surface area contributed by atoms with E-state index in [1.165, 1.54) is 12.1 Å². The Kier molecular flexibility index (Phi) is 11.5. The highest BCUT2D eigenvalue weighted by atomic mass is 35.5. The molecule has 4 aromatic rings. The lowest BCUT2D eigenvalue weighted by Gasteiger charge is -2.13. The topological polar surface area (TPSA) is 165 Å². The zero-order valence-electron chi connectivity index (χ0n) is 25.9. The Morgan fingerprint density at radius 1 is 1.09 bits per heavy atom. The summed E-state index contributed by atoms with van der Waals surface area (Å²) in [4.78, 5) is 43.6. The molecule has 1 aliphatic heterocycles. The van der Waals surface area contributed by atoms with Crippen LogP contribution >= 0.6 is 35.3 Å². The first-order chi connectivity index (χ1) is 22.0. The highest BCUT2D eigenvalue weighted by Crippen LogP contribution is 2.39. The Morgan fingerprint density at radius 2 is 1.83 bits per heavy atom. The molecule has 0 aliphatic carbocycles. The third kappa shape index (κ3) is 8.07. The van der Waals surface area contributed by atoms with Gasteiger partial charge in [0.15, 0.2) is 5.82 Å². The summed E-state index contributed by atoms with van der Waals surface area (Å²) < 4.78 is 1.99. The zero-order valence-corrected chi connectivity index (χ0v) is 28.3. The molecule has 0 bridgehead atoms. The molecule has 0 spiro atoms. The van der Waals surface area contributed by atoms with Crippen LogP contribution in [0.1, 0.15) is 74.4 Å². The van der Waals surface area contributed by atoms with E-state index in [0.29, 0.717) is 34.3 Å². The van der Waals surface area contributed by atoms with E-state index in [1.54, 1.807) is 17.4 Å². The van der Waals surface area contributed by atoms with Crippen molar-refractivity contribution in [2.75, 3.05) is 18.4 Å². The number of hydrogen-bond donors (Lipinski definition) is 4. The number of halogens is 2. The molecule has 47 heavy (non-hydrogen) atoms. The van der Waals surface area contributed by atoms with E-state index < -0.39 is 12.0 Å². The number of nitrogens with one attached hydrogen (secondary N) is 2. The second-order valence-electron chi connectivity index (χ2n) is 10.7. The number of anilines is 1. The van der Waals surface area contributed by atoms with Crippen LogP contribution in [0.15, 0.2) is 47.5 Å². The summed E-state index contributed by atoms with van der Waals surface area (Å²) in [5, 5.41) is 25.3. The van der Waals surface area contributed by atoms with Gasteiger partial charge in [-0.15, -0.1) is 33.9 Å². The molecule has 11 nitrogen and oxygen atoms in total. The van der Waals surface area contributed by atoms with Gasteiger partial charge in [-0.2, -0.15) is 0 Å². The van der Waals surface area contributed by atoms with Crippen LogP contribution in [0.4, 0.5) is 5.69 Å². The number of aliphatic imine (C=N–C) groups is 1. The van der Waals surface area contributed by atoms with Gasteiger partial charge in [-0.1, -0.05) is 35.6 Å². The second kappa shape index (κ2) is 15.4. The number of nitrogens with two attached hydrogens (primary N) is 1. The Morgan fingerprint density at radius 3 is 2.53 bits per heavy atom. The number of rotatable bonds is 9. The normalized spacial score (nSPS) is 13.1. The summed E-state index contributed by atoms with van der Waals surface area (Å²) in [7, 11) is 0. The standard InChI is InChI=1S/C33H32ClN7O4S.ClH/c1-18-19(2)46-32-29(18)30(22-8-10-24(34)11-9-22)38-26(31-40-39-20(3)41(31)32)17-28(43)36-13-5-7-27(42)37-25-15-21(6-4-12-35)14-23(16-25)33(44)45;/h8-11,14-16,26H,5,7,12-13,17,35H2,1-3H3,(H,36,43)(H,37,42)(H,44,45);1H/t26-;/m0./s1. The summed E-state index contributed by atoms with van der Waals surface area (Å²) in [6.45, 7) is 6.40. The van der Waals surface area contributed by atoms with Crippen molar-refractivity contribution in [2.24, 2.45) is 10.7 Å². The van der Waals surface area contributed by atoms with E-state index in [1.807, 2.05) is 35.8 Å². The van der Waals surface area contributed by atoms with Gasteiger partial charge in [0.2, 0.25) is 11.8 Å². The Balaban J connectivity index is 0.00000500. The molecule has 1 aliphatic rings. The number of amides is 2. The quantitative estimate of drug-likeness (QED) is 0.139. The van der Waals surface area contributed by atoms with Crippen LogP contribution < -0.4 is 16.4 Å². The molecule has 0 saturated carbocycles. The molecule has 0 unspecified atom stereocenters. The average molecular weight is 695 g/mol. The van der Waals surface area contributed by atoms with E-state index >= 15 is 0 Å². The number of aryl methyl sites for hydroxylation is 2. The number of nitrogens with zero attached hydrogens (tertiary/aromatic N) is 4. The number of aromatic carboxylic acids is 1. The van der Waals surface area contributed by atoms with Crippen LogP contribution in [0.2, 0.25) is 5.02 Å². The summed E-state index contributed by atoms with van der Waals surface area (Å²) in [5.74, 6) is 5.04. The summed E-state index contributed by atoms with van der Waals surface area (Å²) in [6.07, 6.45) is 0.504. The van der Waals surface area contributed by atoms with Crippen molar-refractivity contribution in [2.45, 2.75) is 46.1 Å².